The highest BCUT2D eigenvalue weighted by Gasteiger charge is 2.15. The SMILES string of the molecule is CC(=O)CCC(=O)NCc1cccc(NC(=O)CCNC(=O)OC(C)(C)C)c1. The van der Waals surface area contributed by atoms with Gasteiger partial charge in [-0.05, 0) is 45.4 Å². The lowest BCUT2D eigenvalue weighted by Crippen LogP contribution is -2.34. The van der Waals surface area contributed by atoms with Crippen LogP contribution in [-0.4, -0.2) is 35.8 Å². The van der Waals surface area contributed by atoms with E-state index in [0.717, 1.165) is 5.56 Å². The third-order valence-corrected chi connectivity index (χ3v) is 3.42. The molecule has 8 nitrogen and oxygen atoms in total. The molecule has 0 aromatic heterocycles. The van der Waals surface area contributed by atoms with E-state index in [2.05, 4.69) is 16.0 Å². The largest absolute Gasteiger partial charge is 0.444 e. The molecule has 0 unspecified atom stereocenters. The molecular weight excluding hydrogens is 362 g/mol. The van der Waals surface area contributed by atoms with Crippen LogP contribution in [0, 0.1) is 0 Å². The molecule has 1 rings (SSSR count). The highest BCUT2D eigenvalue weighted by molar-refractivity contribution is 5.91. The lowest BCUT2D eigenvalue weighted by molar-refractivity contribution is -0.124. The Morgan fingerprint density at radius 2 is 1.68 bits per heavy atom. The summed E-state index contributed by atoms with van der Waals surface area (Å²) in [6, 6.07) is 7.08. The Hall–Kier alpha value is -2.90. The van der Waals surface area contributed by atoms with E-state index >= 15 is 0 Å². The molecule has 0 atom stereocenters. The van der Waals surface area contributed by atoms with Crippen LogP contribution in [0.25, 0.3) is 0 Å². The molecule has 3 N–H and O–H groups in total. The zero-order valence-corrected chi connectivity index (χ0v) is 16.9. The third kappa shape index (κ3) is 10.9. The molecule has 0 bridgehead atoms. The van der Waals surface area contributed by atoms with Crippen molar-refractivity contribution in [2.24, 2.45) is 0 Å². The number of hydrogen-bond acceptors (Lipinski definition) is 5. The Bertz CT molecular complexity index is 710. The van der Waals surface area contributed by atoms with Gasteiger partial charge >= 0.3 is 6.09 Å². The average Bonchev–Trinajstić information content (AvgIpc) is 2.56. The van der Waals surface area contributed by atoms with Crippen molar-refractivity contribution >= 4 is 29.4 Å². The molecule has 1 aromatic rings. The van der Waals surface area contributed by atoms with E-state index in [1.165, 1.54) is 6.92 Å². The average molecular weight is 391 g/mol. The molecule has 0 saturated heterocycles. The first-order chi connectivity index (χ1) is 13.0. The predicted octanol–water partition coefficient (Wildman–Crippen LogP) is 2.53. The lowest BCUT2D eigenvalue weighted by atomic mass is 10.2. The number of ketones is 1. The van der Waals surface area contributed by atoms with Crippen molar-refractivity contribution in [3.8, 4) is 0 Å². The van der Waals surface area contributed by atoms with Crippen LogP contribution in [0.4, 0.5) is 10.5 Å². The Morgan fingerprint density at radius 1 is 0.964 bits per heavy atom. The van der Waals surface area contributed by atoms with Crippen LogP contribution in [0.5, 0.6) is 0 Å². The second kappa shape index (κ2) is 11.1. The molecule has 8 heteroatoms. The van der Waals surface area contributed by atoms with Gasteiger partial charge in [0.1, 0.15) is 11.4 Å². The molecular formula is C20H29N3O5. The molecule has 0 heterocycles. The molecule has 0 radical (unpaired) electrons. The zero-order chi connectivity index (χ0) is 21.2. The second-order valence-electron chi connectivity index (χ2n) is 7.41. The number of alkyl carbamates (subject to hydrolysis) is 1. The van der Waals surface area contributed by atoms with Crippen LogP contribution in [0.15, 0.2) is 24.3 Å². The smallest absolute Gasteiger partial charge is 0.407 e. The minimum absolute atomic E-state index is 0.0268. The fourth-order valence-electron chi connectivity index (χ4n) is 2.15. The number of carbonyl (C=O) groups excluding carboxylic acids is 4. The van der Waals surface area contributed by atoms with Gasteiger partial charge in [0.05, 0.1) is 0 Å². The molecule has 0 aliphatic heterocycles. The molecule has 3 amide bonds. The highest BCUT2D eigenvalue weighted by Crippen LogP contribution is 2.11. The number of ether oxygens (including phenoxy) is 1. The van der Waals surface area contributed by atoms with E-state index in [1.54, 1.807) is 39.0 Å². The third-order valence-electron chi connectivity index (χ3n) is 3.42. The van der Waals surface area contributed by atoms with Crippen LogP contribution in [0.3, 0.4) is 0 Å². The van der Waals surface area contributed by atoms with Crippen molar-refractivity contribution in [1.82, 2.24) is 10.6 Å². The van der Waals surface area contributed by atoms with Gasteiger partial charge in [0.2, 0.25) is 11.8 Å². The Morgan fingerprint density at radius 3 is 2.32 bits per heavy atom. The van der Waals surface area contributed by atoms with Gasteiger partial charge in [0, 0.05) is 38.0 Å². The number of benzene rings is 1. The fraction of sp³-hybridized carbons (Fsp3) is 0.500. The summed E-state index contributed by atoms with van der Waals surface area (Å²) in [6.07, 6.45) is -0.0798. The van der Waals surface area contributed by atoms with Crippen molar-refractivity contribution in [2.75, 3.05) is 11.9 Å². The summed E-state index contributed by atoms with van der Waals surface area (Å²) in [5, 5.41) is 8.00. The quantitative estimate of drug-likeness (QED) is 0.599. The van der Waals surface area contributed by atoms with Gasteiger partial charge in [-0.2, -0.15) is 0 Å². The zero-order valence-electron chi connectivity index (χ0n) is 16.9. The number of amides is 3. The van der Waals surface area contributed by atoms with Gasteiger partial charge in [-0.25, -0.2) is 4.79 Å². The number of hydrogen-bond donors (Lipinski definition) is 3. The van der Waals surface area contributed by atoms with E-state index in [-0.39, 0.29) is 43.4 Å². The van der Waals surface area contributed by atoms with E-state index in [9.17, 15) is 19.2 Å². The number of carbonyl (C=O) groups is 4. The standard InChI is InChI=1S/C20H29N3O5/c1-14(24)8-9-17(25)22-13-15-6-5-7-16(12-15)23-18(26)10-11-21-19(27)28-20(2,3)4/h5-7,12H,8-11,13H2,1-4H3,(H,21,27)(H,22,25)(H,23,26). The first-order valence-corrected chi connectivity index (χ1v) is 9.17. The molecule has 1 aromatic carbocycles. The maximum atomic E-state index is 12.0. The van der Waals surface area contributed by atoms with Crippen LogP contribution in [0.1, 0.15) is 52.5 Å². The normalized spacial score (nSPS) is 10.7. The van der Waals surface area contributed by atoms with Gasteiger partial charge in [0.25, 0.3) is 0 Å². The van der Waals surface area contributed by atoms with Gasteiger partial charge in [0.15, 0.2) is 0 Å². The maximum absolute atomic E-state index is 12.0. The summed E-state index contributed by atoms with van der Waals surface area (Å²) in [6.45, 7) is 7.20. The summed E-state index contributed by atoms with van der Waals surface area (Å²) in [5.41, 5.74) is 0.826. The van der Waals surface area contributed by atoms with Crippen LogP contribution in [-0.2, 0) is 25.7 Å². The van der Waals surface area contributed by atoms with Crippen LogP contribution in [0.2, 0.25) is 0 Å². The fourth-order valence-corrected chi connectivity index (χ4v) is 2.15. The lowest BCUT2D eigenvalue weighted by Gasteiger charge is -2.19. The van der Waals surface area contributed by atoms with E-state index in [1.807, 2.05) is 6.07 Å². The van der Waals surface area contributed by atoms with E-state index < -0.39 is 11.7 Å². The predicted molar refractivity (Wildman–Crippen MR) is 106 cm³/mol. The molecule has 0 spiro atoms. The Balaban J connectivity index is 2.39. The first kappa shape index (κ1) is 23.1. The monoisotopic (exact) mass is 391 g/mol. The molecule has 0 aliphatic carbocycles. The van der Waals surface area contributed by atoms with Gasteiger partial charge < -0.3 is 25.5 Å². The number of anilines is 1. The van der Waals surface area contributed by atoms with E-state index in [0.29, 0.717) is 12.2 Å². The summed E-state index contributed by atoms with van der Waals surface area (Å²) < 4.78 is 5.10. The topological polar surface area (TPSA) is 114 Å². The second-order valence-corrected chi connectivity index (χ2v) is 7.41. The summed E-state index contributed by atoms with van der Waals surface area (Å²) in [7, 11) is 0. The Labute approximate surface area is 165 Å². The minimum atomic E-state index is -0.589. The first-order valence-electron chi connectivity index (χ1n) is 9.17. The van der Waals surface area contributed by atoms with Crippen molar-refractivity contribution in [3.05, 3.63) is 29.8 Å². The Kier molecular flexibility index (Phi) is 9.14. The van der Waals surface area contributed by atoms with E-state index in [4.69, 9.17) is 4.74 Å². The molecule has 0 saturated carbocycles. The summed E-state index contributed by atoms with van der Waals surface area (Å²) in [4.78, 5) is 46.1. The highest BCUT2D eigenvalue weighted by atomic mass is 16.6. The number of Topliss-reactive ketones (excluding diaryl/α,β-unsaturated/α-hetero) is 1. The van der Waals surface area contributed by atoms with Crippen molar-refractivity contribution < 1.29 is 23.9 Å². The van der Waals surface area contributed by atoms with Gasteiger partial charge in [-0.1, -0.05) is 12.1 Å². The molecule has 0 fully saturated rings. The van der Waals surface area contributed by atoms with Crippen LogP contribution < -0.4 is 16.0 Å². The number of rotatable bonds is 9. The molecule has 154 valence electrons. The van der Waals surface area contributed by atoms with Gasteiger partial charge in [-0.3, -0.25) is 9.59 Å². The van der Waals surface area contributed by atoms with Crippen molar-refractivity contribution in [2.45, 2.75) is 59.1 Å². The molecule has 28 heavy (non-hydrogen) atoms. The van der Waals surface area contributed by atoms with Crippen molar-refractivity contribution in [1.29, 1.82) is 0 Å². The van der Waals surface area contributed by atoms with Crippen molar-refractivity contribution in [3.63, 3.8) is 0 Å². The maximum Gasteiger partial charge on any atom is 0.407 e. The van der Waals surface area contributed by atoms with Gasteiger partial charge in [-0.15, -0.1) is 0 Å². The van der Waals surface area contributed by atoms with Crippen LogP contribution >= 0.6 is 0 Å². The molecule has 0 aliphatic rings. The number of nitrogens with one attached hydrogen (secondary N) is 3. The summed E-state index contributed by atoms with van der Waals surface area (Å²) >= 11 is 0. The minimum Gasteiger partial charge on any atom is -0.444 e. The summed E-state index contributed by atoms with van der Waals surface area (Å²) in [5.74, 6) is -0.474.